The van der Waals surface area contributed by atoms with Gasteiger partial charge >= 0.3 is 5.97 Å². The summed E-state index contributed by atoms with van der Waals surface area (Å²) in [6.07, 6.45) is -0.830. The van der Waals surface area contributed by atoms with Crippen LogP contribution in [0.4, 0.5) is 5.69 Å². The zero-order valence-corrected chi connectivity index (χ0v) is 15.1. The number of aromatic carboxylic acids is 1. The molecule has 2 N–H and O–H groups in total. The van der Waals surface area contributed by atoms with Crippen LogP contribution in [0.2, 0.25) is 0 Å². The number of carboxylic acid groups (broad SMARTS) is 1. The Labute approximate surface area is 152 Å². The van der Waals surface area contributed by atoms with Crippen LogP contribution in [0.25, 0.3) is 0 Å². The van der Waals surface area contributed by atoms with Gasteiger partial charge in [-0.1, -0.05) is 30.3 Å². The van der Waals surface area contributed by atoms with Gasteiger partial charge in [-0.2, -0.15) is 0 Å². The molecule has 26 heavy (non-hydrogen) atoms. The Hall–Kier alpha value is -2.86. The van der Waals surface area contributed by atoms with Crippen molar-refractivity contribution < 1.29 is 24.2 Å². The molecule has 2 aromatic carbocycles. The molecule has 2 rings (SSSR count). The Morgan fingerprint density at radius 2 is 1.77 bits per heavy atom. The highest BCUT2D eigenvalue weighted by Crippen LogP contribution is 2.27. The summed E-state index contributed by atoms with van der Waals surface area (Å²) in [5, 5.41) is 11.9. The van der Waals surface area contributed by atoms with Crippen LogP contribution in [0.15, 0.2) is 48.5 Å². The van der Waals surface area contributed by atoms with E-state index in [1.165, 1.54) is 18.2 Å². The standard InChI is InChI=1S/C20H23NO5/c1-13(2)26-18-10-9-16(20(23)24)11-17(18)21-19(22)14(3)25-12-15-7-5-4-6-8-15/h4-11,13-14H,12H2,1-3H3,(H,21,22)(H,23,24). The van der Waals surface area contributed by atoms with E-state index in [1.807, 2.05) is 44.2 Å². The van der Waals surface area contributed by atoms with Gasteiger partial charge < -0.3 is 19.9 Å². The van der Waals surface area contributed by atoms with Gasteiger partial charge in [-0.15, -0.1) is 0 Å². The second-order valence-corrected chi connectivity index (χ2v) is 6.11. The lowest BCUT2D eigenvalue weighted by atomic mass is 10.1. The van der Waals surface area contributed by atoms with E-state index in [4.69, 9.17) is 14.6 Å². The maximum absolute atomic E-state index is 12.4. The molecule has 6 nitrogen and oxygen atoms in total. The van der Waals surface area contributed by atoms with Crippen molar-refractivity contribution in [1.82, 2.24) is 0 Å². The molecule has 0 spiro atoms. The van der Waals surface area contributed by atoms with Crippen LogP contribution in [0.3, 0.4) is 0 Å². The minimum Gasteiger partial charge on any atom is -0.489 e. The quantitative estimate of drug-likeness (QED) is 0.752. The second kappa shape index (κ2) is 9.01. The highest BCUT2D eigenvalue weighted by atomic mass is 16.5. The number of carboxylic acids is 1. The van der Waals surface area contributed by atoms with E-state index in [1.54, 1.807) is 6.92 Å². The number of carbonyl (C=O) groups is 2. The fourth-order valence-electron chi connectivity index (χ4n) is 2.22. The average Bonchev–Trinajstić information content (AvgIpc) is 2.61. The lowest BCUT2D eigenvalue weighted by molar-refractivity contribution is -0.127. The molecular weight excluding hydrogens is 334 g/mol. The lowest BCUT2D eigenvalue weighted by Gasteiger charge is -2.18. The Kier molecular flexibility index (Phi) is 6.74. The van der Waals surface area contributed by atoms with Gasteiger partial charge in [0.05, 0.1) is 24.0 Å². The van der Waals surface area contributed by atoms with E-state index in [0.717, 1.165) is 5.56 Å². The number of carbonyl (C=O) groups excluding carboxylic acids is 1. The van der Waals surface area contributed by atoms with Gasteiger partial charge in [-0.3, -0.25) is 4.79 Å². The Balaban J connectivity index is 2.08. The van der Waals surface area contributed by atoms with E-state index in [0.29, 0.717) is 18.0 Å². The molecule has 1 amide bonds. The van der Waals surface area contributed by atoms with E-state index >= 15 is 0 Å². The highest BCUT2D eigenvalue weighted by Gasteiger charge is 2.18. The number of rotatable bonds is 8. The van der Waals surface area contributed by atoms with E-state index in [9.17, 15) is 9.59 Å². The number of benzene rings is 2. The molecule has 0 aliphatic heterocycles. The third-order valence-electron chi connectivity index (χ3n) is 3.56. The maximum Gasteiger partial charge on any atom is 0.335 e. The molecular formula is C20H23NO5. The Bertz CT molecular complexity index is 758. The molecule has 0 aliphatic carbocycles. The molecule has 0 saturated heterocycles. The van der Waals surface area contributed by atoms with Gasteiger partial charge in [0.15, 0.2) is 0 Å². The smallest absolute Gasteiger partial charge is 0.335 e. The summed E-state index contributed by atoms with van der Waals surface area (Å²) in [5.41, 5.74) is 1.33. The van der Waals surface area contributed by atoms with Crippen LogP contribution >= 0.6 is 0 Å². The molecule has 0 heterocycles. The first-order valence-corrected chi connectivity index (χ1v) is 8.37. The van der Waals surface area contributed by atoms with Crippen molar-refractivity contribution in [3.8, 4) is 5.75 Å². The first kappa shape index (κ1) is 19.5. The zero-order valence-electron chi connectivity index (χ0n) is 15.1. The van der Waals surface area contributed by atoms with Gasteiger partial charge in [-0.25, -0.2) is 4.79 Å². The fraction of sp³-hybridized carbons (Fsp3) is 0.300. The number of ether oxygens (including phenoxy) is 2. The van der Waals surface area contributed by atoms with Gasteiger partial charge in [0, 0.05) is 0 Å². The molecule has 0 radical (unpaired) electrons. The molecule has 0 fully saturated rings. The van der Waals surface area contributed by atoms with E-state index in [2.05, 4.69) is 5.32 Å². The third-order valence-corrected chi connectivity index (χ3v) is 3.56. The maximum atomic E-state index is 12.4. The lowest BCUT2D eigenvalue weighted by Crippen LogP contribution is -2.28. The Morgan fingerprint density at radius 1 is 1.08 bits per heavy atom. The van der Waals surface area contributed by atoms with Crippen LogP contribution < -0.4 is 10.1 Å². The summed E-state index contributed by atoms with van der Waals surface area (Å²) in [4.78, 5) is 23.6. The van der Waals surface area contributed by atoms with Crippen LogP contribution in [-0.4, -0.2) is 29.2 Å². The molecule has 0 saturated carbocycles. The predicted octanol–water partition coefficient (Wildman–Crippen LogP) is 3.72. The fourth-order valence-corrected chi connectivity index (χ4v) is 2.22. The summed E-state index contributed by atoms with van der Waals surface area (Å²) in [6, 6.07) is 13.9. The summed E-state index contributed by atoms with van der Waals surface area (Å²) in [7, 11) is 0. The number of hydrogen-bond acceptors (Lipinski definition) is 4. The van der Waals surface area contributed by atoms with Crippen molar-refractivity contribution in [2.45, 2.75) is 39.6 Å². The van der Waals surface area contributed by atoms with Gasteiger partial charge in [0.2, 0.25) is 0 Å². The summed E-state index contributed by atoms with van der Waals surface area (Å²) in [5.74, 6) is -1.05. The summed E-state index contributed by atoms with van der Waals surface area (Å²) >= 11 is 0. The molecule has 0 aromatic heterocycles. The predicted molar refractivity (Wildman–Crippen MR) is 98.5 cm³/mol. The molecule has 0 bridgehead atoms. The van der Waals surface area contributed by atoms with E-state index in [-0.39, 0.29) is 17.6 Å². The number of anilines is 1. The first-order chi connectivity index (χ1) is 12.4. The summed E-state index contributed by atoms with van der Waals surface area (Å²) < 4.78 is 11.2. The SMILES string of the molecule is CC(C)Oc1ccc(C(=O)O)cc1NC(=O)C(C)OCc1ccccc1. The zero-order chi connectivity index (χ0) is 19.1. The number of hydrogen-bond donors (Lipinski definition) is 2. The van der Waals surface area contributed by atoms with Crippen molar-refractivity contribution >= 4 is 17.6 Å². The molecule has 2 aromatic rings. The second-order valence-electron chi connectivity index (χ2n) is 6.11. The van der Waals surface area contributed by atoms with Gasteiger partial charge in [0.1, 0.15) is 11.9 Å². The number of amides is 1. The van der Waals surface area contributed by atoms with Crippen LogP contribution in [-0.2, 0) is 16.1 Å². The average molecular weight is 357 g/mol. The molecule has 0 aliphatic rings. The largest absolute Gasteiger partial charge is 0.489 e. The van der Waals surface area contributed by atoms with Crippen molar-refractivity contribution in [2.24, 2.45) is 0 Å². The van der Waals surface area contributed by atoms with Gasteiger partial charge in [0.25, 0.3) is 5.91 Å². The van der Waals surface area contributed by atoms with Crippen molar-refractivity contribution in [3.63, 3.8) is 0 Å². The Morgan fingerprint density at radius 3 is 2.38 bits per heavy atom. The molecule has 6 heteroatoms. The normalized spacial score (nSPS) is 11.8. The van der Waals surface area contributed by atoms with Crippen molar-refractivity contribution in [1.29, 1.82) is 0 Å². The van der Waals surface area contributed by atoms with Gasteiger partial charge in [-0.05, 0) is 44.5 Å². The highest BCUT2D eigenvalue weighted by molar-refractivity contribution is 5.97. The first-order valence-electron chi connectivity index (χ1n) is 8.37. The molecule has 138 valence electrons. The van der Waals surface area contributed by atoms with Crippen molar-refractivity contribution in [2.75, 3.05) is 5.32 Å². The summed E-state index contributed by atoms with van der Waals surface area (Å²) in [6.45, 7) is 5.65. The number of nitrogens with one attached hydrogen (secondary N) is 1. The molecule has 1 atom stereocenters. The van der Waals surface area contributed by atoms with E-state index < -0.39 is 12.1 Å². The minimum absolute atomic E-state index is 0.0641. The van der Waals surface area contributed by atoms with Crippen LogP contribution in [0.1, 0.15) is 36.7 Å². The van der Waals surface area contributed by atoms with Crippen LogP contribution in [0.5, 0.6) is 5.75 Å². The monoisotopic (exact) mass is 357 g/mol. The van der Waals surface area contributed by atoms with Crippen molar-refractivity contribution in [3.05, 3.63) is 59.7 Å². The molecule has 1 unspecified atom stereocenters. The minimum atomic E-state index is -1.08. The topological polar surface area (TPSA) is 84.9 Å². The van der Waals surface area contributed by atoms with Crippen LogP contribution in [0, 0.1) is 0 Å². The third kappa shape index (κ3) is 5.60.